The van der Waals surface area contributed by atoms with Gasteiger partial charge in [-0.05, 0) is 54.9 Å². The van der Waals surface area contributed by atoms with E-state index in [9.17, 15) is 10.4 Å². The third-order valence-corrected chi connectivity index (χ3v) is 10.4. The summed E-state index contributed by atoms with van der Waals surface area (Å²) < 4.78 is 13.1. The number of hydrogen-bond acceptors (Lipinski definition) is 9. The van der Waals surface area contributed by atoms with Crippen molar-refractivity contribution in [2.45, 2.75) is 50.8 Å². The molecule has 44 heavy (non-hydrogen) atoms. The van der Waals surface area contributed by atoms with Crippen molar-refractivity contribution < 1.29 is 14.6 Å². The first-order chi connectivity index (χ1) is 21.4. The minimum absolute atomic E-state index is 0.102. The summed E-state index contributed by atoms with van der Waals surface area (Å²) in [5, 5.41) is 24.0. The first-order valence-corrected chi connectivity index (χ1v) is 15.6. The van der Waals surface area contributed by atoms with Crippen molar-refractivity contribution in [1.82, 2.24) is 24.5 Å². The van der Waals surface area contributed by atoms with E-state index < -0.39 is 0 Å². The fraction of sp³-hybridized carbons (Fsp3) is 0.471. The van der Waals surface area contributed by atoms with Crippen LogP contribution in [0.1, 0.15) is 37.3 Å². The minimum atomic E-state index is -0.102. The monoisotopic (exact) mass is 591 g/mol. The quantitative estimate of drug-likeness (QED) is 0.309. The maximum atomic E-state index is 9.82. The summed E-state index contributed by atoms with van der Waals surface area (Å²) in [6, 6.07) is 13.5. The Kier molecular flexibility index (Phi) is 6.50. The van der Waals surface area contributed by atoms with Gasteiger partial charge in [-0.2, -0.15) is 10.4 Å². The third-order valence-electron chi connectivity index (χ3n) is 10.4. The average Bonchev–Trinajstić information content (AvgIpc) is 3.35. The number of fused-ring (bicyclic) bond motifs is 4. The highest BCUT2D eigenvalue weighted by atomic mass is 16.5. The number of anilines is 1. The summed E-state index contributed by atoms with van der Waals surface area (Å²) in [4.78, 5) is 14.2. The van der Waals surface area contributed by atoms with Crippen LogP contribution in [0, 0.1) is 28.6 Å². The van der Waals surface area contributed by atoms with E-state index in [0.29, 0.717) is 47.7 Å². The molecule has 3 aliphatic heterocycles. The minimum Gasteiger partial charge on any atom is -0.491 e. The number of rotatable bonds is 9. The number of ether oxygens (including phenoxy) is 2. The number of aliphatic hydroxyl groups excluding tert-OH is 1. The van der Waals surface area contributed by atoms with Gasteiger partial charge in [-0.15, -0.1) is 0 Å². The van der Waals surface area contributed by atoms with Crippen molar-refractivity contribution >= 4 is 11.3 Å². The molecule has 2 aliphatic carbocycles. The number of likely N-dealkylation sites (tertiary alicyclic amines) is 1. The Morgan fingerprint density at radius 2 is 1.89 bits per heavy atom. The lowest BCUT2D eigenvalue weighted by atomic mass is 9.63. The Labute approximate surface area is 256 Å². The molecule has 9 rings (SSSR count). The molecule has 5 fully saturated rings. The highest BCUT2D eigenvalue weighted by molar-refractivity contribution is 5.85. The van der Waals surface area contributed by atoms with Gasteiger partial charge >= 0.3 is 0 Å². The molecule has 4 aromatic heterocycles. The number of pyridine rings is 3. The molecule has 10 heteroatoms. The predicted octanol–water partition coefficient (Wildman–Crippen LogP) is 3.96. The van der Waals surface area contributed by atoms with Crippen LogP contribution in [-0.4, -0.2) is 81.1 Å². The molecule has 4 aromatic rings. The highest BCUT2D eigenvalue weighted by Gasteiger charge is 2.54. The van der Waals surface area contributed by atoms with Crippen molar-refractivity contribution in [1.29, 1.82) is 5.26 Å². The molecular formula is C34H37N7O3. The number of aliphatic hydroxyl groups is 1. The second-order valence-corrected chi connectivity index (χ2v) is 13.4. The number of nitrogens with zero attached hydrogens (tertiary/aromatic N) is 7. The molecule has 2 saturated carbocycles. The molecular weight excluding hydrogens is 554 g/mol. The van der Waals surface area contributed by atoms with E-state index in [2.05, 4.69) is 51.1 Å². The van der Waals surface area contributed by atoms with Gasteiger partial charge in [0.15, 0.2) is 0 Å². The second kappa shape index (κ2) is 10.5. The Bertz CT molecular complexity index is 1710. The molecule has 5 aliphatic rings. The van der Waals surface area contributed by atoms with Gasteiger partial charge in [0.25, 0.3) is 0 Å². The first kappa shape index (κ1) is 27.4. The normalized spacial score (nSPS) is 28.8. The number of aromatic nitrogens is 4. The molecule has 2 bridgehead atoms. The topological polar surface area (TPSA) is 112 Å². The van der Waals surface area contributed by atoms with Gasteiger partial charge in [-0.25, -0.2) is 14.5 Å². The molecule has 3 saturated heterocycles. The number of piperidine rings is 2. The predicted molar refractivity (Wildman–Crippen MR) is 165 cm³/mol. The van der Waals surface area contributed by atoms with E-state index in [1.165, 1.54) is 12.0 Å². The maximum Gasteiger partial charge on any atom is 0.212 e. The molecule has 0 aromatic carbocycles. The van der Waals surface area contributed by atoms with Gasteiger partial charge in [0.2, 0.25) is 5.88 Å². The highest BCUT2D eigenvalue weighted by Crippen LogP contribution is 2.51. The fourth-order valence-electron chi connectivity index (χ4n) is 8.17. The number of nitriles is 1. The molecule has 4 atom stereocenters. The van der Waals surface area contributed by atoms with Gasteiger partial charge in [-0.1, -0.05) is 13.0 Å². The van der Waals surface area contributed by atoms with E-state index in [0.717, 1.165) is 61.4 Å². The van der Waals surface area contributed by atoms with Crippen molar-refractivity contribution in [3.05, 3.63) is 66.2 Å². The van der Waals surface area contributed by atoms with Crippen LogP contribution in [0.4, 0.5) is 5.82 Å². The lowest BCUT2D eigenvalue weighted by Crippen LogP contribution is -2.64. The molecule has 226 valence electrons. The summed E-state index contributed by atoms with van der Waals surface area (Å²) in [7, 11) is 1.65. The molecule has 0 amide bonds. The van der Waals surface area contributed by atoms with Crippen LogP contribution in [0.25, 0.3) is 16.6 Å². The fourth-order valence-corrected chi connectivity index (χ4v) is 8.17. The zero-order valence-electron chi connectivity index (χ0n) is 25.1. The van der Waals surface area contributed by atoms with Crippen molar-refractivity contribution in [3.63, 3.8) is 0 Å². The SMILES string of the molecule is COc1ccc(CC2(C)CC3CC(C2)N3c2ccc(-c3cc(OCCN4CC5C(O)C5C4)cn4ncc(C#N)c34)cn2)cn1. The lowest BCUT2D eigenvalue weighted by Gasteiger charge is -2.59. The van der Waals surface area contributed by atoms with Crippen LogP contribution in [0.15, 0.2) is 55.1 Å². The molecule has 7 heterocycles. The zero-order chi connectivity index (χ0) is 30.0. The standard InChI is InChI=1S/C34H37N7O3/c1-34(11-21-3-6-31(43-2)37-15-21)12-24-9-25(13-34)41(24)30-5-4-22(16-36-30)27-10-26(18-40-32(27)23(14-35)17-38-40)44-8-7-39-19-28-29(20-39)33(28)42/h3-6,10,15-18,24-25,28-29,33,42H,7-9,11-13,19-20H2,1-2H3. The van der Waals surface area contributed by atoms with Gasteiger partial charge in [0.05, 0.1) is 36.7 Å². The van der Waals surface area contributed by atoms with E-state index in [1.807, 2.05) is 30.7 Å². The molecule has 0 spiro atoms. The summed E-state index contributed by atoms with van der Waals surface area (Å²) in [6.07, 6.45) is 11.7. The van der Waals surface area contributed by atoms with Gasteiger partial charge < -0.3 is 19.5 Å². The van der Waals surface area contributed by atoms with E-state index in [4.69, 9.17) is 14.5 Å². The molecule has 0 radical (unpaired) electrons. The van der Waals surface area contributed by atoms with Crippen LogP contribution in [-0.2, 0) is 6.42 Å². The summed E-state index contributed by atoms with van der Waals surface area (Å²) in [6.45, 7) is 5.66. The molecule has 10 nitrogen and oxygen atoms in total. The first-order valence-electron chi connectivity index (χ1n) is 15.6. The zero-order valence-corrected chi connectivity index (χ0v) is 25.1. The summed E-state index contributed by atoms with van der Waals surface area (Å²) in [5.41, 5.74) is 4.58. The summed E-state index contributed by atoms with van der Waals surface area (Å²) in [5.74, 6) is 3.25. The number of methoxy groups -OCH3 is 1. The van der Waals surface area contributed by atoms with E-state index >= 15 is 0 Å². The lowest BCUT2D eigenvalue weighted by molar-refractivity contribution is 0.0960. The van der Waals surface area contributed by atoms with Crippen LogP contribution in [0.2, 0.25) is 0 Å². The average molecular weight is 592 g/mol. The Hall–Kier alpha value is -4.20. The Morgan fingerprint density at radius 3 is 2.57 bits per heavy atom. The Morgan fingerprint density at radius 1 is 1.07 bits per heavy atom. The maximum absolute atomic E-state index is 9.82. The van der Waals surface area contributed by atoms with E-state index in [1.54, 1.807) is 17.8 Å². The van der Waals surface area contributed by atoms with Gasteiger partial charge in [-0.3, -0.25) is 4.90 Å². The van der Waals surface area contributed by atoms with Crippen LogP contribution in [0.3, 0.4) is 0 Å². The molecule has 4 unspecified atom stereocenters. The second-order valence-electron chi connectivity index (χ2n) is 13.4. The van der Waals surface area contributed by atoms with Crippen molar-refractivity contribution in [2.24, 2.45) is 17.3 Å². The van der Waals surface area contributed by atoms with E-state index in [-0.39, 0.29) is 11.5 Å². The van der Waals surface area contributed by atoms with Crippen LogP contribution in [0.5, 0.6) is 11.6 Å². The largest absolute Gasteiger partial charge is 0.491 e. The molecule has 1 N–H and O–H groups in total. The summed E-state index contributed by atoms with van der Waals surface area (Å²) >= 11 is 0. The number of hydrogen-bond donors (Lipinski definition) is 1. The van der Waals surface area contributed by atoms with Gasteiger partial charge in [0, 0.05) is 73.1 Å². The van der Waals surface area contributed by atoms with Crippen LogP contribution < -0.4 is 14.4 Å². The third kappa shape index (κ3) is 4.75. The van der Waals surface area contributed by atoms with Crippen molar-refractivity contribution in [2.75, 3.05) is 38.3 Å². The smallest absolute Gasteiger partial charge is 0.212 e. The van der Waals surface area contributed by atoms with Crippen LogP contribution >= 0.6 is 0 Å². The Balaban J connectivity index is 0.970. The van der Waals surface area contributed by atoms with Crippen molar-refractivity contribution in [3.8, 4) is 28.8 Å². The van der Waals surface area contributed by atoms with Gasteiger partial charge in [0.1, 0.15) is 24.2 Å².